The maximum Gasteiger partial charge on any atom is 0.0728 e. The summed E-state index contributed by atoms with van der Waals surface area (Å²) >= 11 is 0. The van der Waals surface area contributed by atoms with Crippen LogP contribution in [0.5, 0.6) is 0 Å². The normalized spacial score (nSPS) is 30.5. The Kier molecular flexibility index (Phi) is 3.53. The minimum atomic E-state index is 0.470. The molecule has 1 fully saturated rings. The van der Waals surface area contributed by atoms with E-state index in [1.807, 2.05) is 0 Å². The molecule has 0 spiro atoms. The van der Waals surface area contributed by atoms with Crippen molar-refractivity contribution >= 4 is 0 Å². The van der Waals surface area contributed by atoms with Gasteiger partial charge in [-0.15, -0.1) is 0 Å². The maximum atomic E-state index is 5.64. The Morgan fingerprint density at radius 2 is 2.17 bits per heavy atom. The van der Waals surface area contributed by atoms with Gasteiger partial charge in [-0.3, -0.25) is 0 Å². The summed E-state index contributed by atoms with van der Waals surface area (Å²) in [5, 5.41) is 0. The quantitative estimate of drug-likeness (QED) is 0.641. The van der Waals surface area contributed by atoms with Crippen LogP contribution in [-0.2, 0) is 4.74 Å². The molecule has 72 valence electrons. The van der Waals surface area contributed by atoms with Crippen molar-refractivity contribution < 1.29 is 4.74 Å². The number of hydrogen-bond acceptors (Lipinski definition) is 2. The molecule has 2 nitrogen and oxygen atoms in total. The lowest BCUT2D eigenvalue weighted by Gasteiger charge is -2.26. The second-order valence-corrected chi connectivity index (χ2v) is 4.21. The molecule has 0 amide bonds. The third kappa shape index (κ3) is 2.46. The van der Waals surface area contributed by atoms with Crippen molar-refractivity contribution in [2.24, 2.45) is 5.92 Å². The number of ether oxygens (including phenoxy) is 1. The Hall–Kier alpha value is -0.0800. The molecule has 0 aliphatic carbocycles. The van der Waals surface area contributed by atoms with Crippen LogP contribution >= 0.6 is 0 Å². The number of likely N-dealkylation sites (N-methyl/N-ethyl adjacent to an activating group) is 1. The van der Waals surface area contributed by atoms with Crippen LogP contribution in [0.2, 0.25) is 0 Å². The van der Waals surface area contributed by atoms with E-state index in [9.17, 15) is 0 Å². The molecule has 1 saturated heterocycles. The molecule has 0 N–H and O–H groups in total. The molecule has 0 radical (unpaired) electrons. The highest BCUT2D eigenvalue weighted by Gasteiger charge is 2.25. The molecular weight excluding hydrogens is 150 g/mol. The summed E-state index contributed by atoms with van der Waals surface area (Å²) in [6.07, 6.45) is 1.70. The Morgan fingerprint density at radius 1 is 1.50 bits per heavy atom. The fourth-order valence-corrected chi connectivity index (χ4v) is 1.48. The molecule has 0 aromatic carbocycles. The summed E-state index contributed by atoms with van der Waals surface area (Å²) in [6.45, 7) is 8.77. The van der Waals surface area contributed by atoms with Crippen molar-refractivity contribution in [2.75, 3.05) is 20.2 Å². The lowest BCUT2D eigenvalue weighted by Crippen LogP contribution is -2.36. The van der Waals surface area contributed by atoms with Crippen molar-refractivity contribution in [3.8, 4) is 0 Å². The van der Waals surface area contributed by atoms with Gasteiger partial charge in [-0.2, -0.15) is 0 Å². The van der Waals surface area contributed by atoms with Gasteiger partial charge in [0.2, 0.25) is 0 Å². The van der Waals surface area contributed by atoms with Crippen molar-refractivity contribution in [2.45, 2.75) is 39.3 Å². The molecule has 0 aromatic heterocycles. The molecule has 0 unspecified atom stereocenters. The van der Waals surface area contributed by atoms with E-state index >= 15 is 0 Å². The van der Waals surface area contributed by atoms with E-state index in [0.717, 1.165) is 19.1 Å². The third-order valence-corrected chi connectivity index (χ3v) is 2.89. The summed E-state index contributed by atoms with van der Waals surface area (Å²) in [4.78, 5) is 2.35. The first-order chi connectivity index (χ1) is 5.61. The first-order valence-corrected chi connectivity index (χ1v) is 4.93. The van der Waals surface area contributed by atoms with E-state index in [1.165, 1.54) is 6.42 Å². The zero-order valence-corrected chi connectivity index (χ0v) is 8.71. The van der Waals surface area contributed by atoms with E-state index in [-0.39, 0.29) is 0 Å². The Balaban J connectivity index is 2.30. The zero-order valence-electron chi connectivity index (χ0n) is 8.71. The summed E-state index contributed by atoms with van der Waals surface area (Å²) in [6, 6.07) is 0.626. The molecule has 2 atom stereocenters. The van der Waals surface area contributed by atoms with Crippen molar-refractivity contribution in [1.82, 2.24) is 4.90 Å². The second kappa shape index (κ2) is 4.24. The van der Waals surface area contributed by atoms with Crippen molar-refractivity contribution in [3.05, 3.63) is 0 Å². The second-order valence-electron chi connectivity index (χ2n) is 4.21. The highest BCUT2D eigenvalue weighted by atomic mass is 16.5. The van der Waals surface area contributed by atoms with Crippen LogP contribution < -0.4 is 0 Å². The smallest absolute Gasteiger partial charge is 0.0728 e. The minimum absolute atomic E-state index is 0.470. The standard InChI is InChI=1S/C10H21NO/c1-8(2)11(4)7-10-9(3)5-6-12-10/h8-10H,5-7H2,1-4H3/t9-,10-/m0/s1. The minimum Gasteiger partial charge on any atom is -0.377 e. The average molecular weight is 171 g/mol. The average Bonchev–Trinajstić information content (AvgIpc) is 2.36. The van der Waals surface area contributed by atoms with Crippen LogP contribution in [-0.4, -0.2) is 37.2 Å². The van der Waals surface area contributed by atoms with Crippen LogP contribution in [0.25, 0.3) is 0 Å². The lowest BCUT2D eigenvalue weighted by molar-refractivity contribution is 0.0571. The van der Waals surface area contributed by atoms with Gasteiger partial charge in [0.15, 0.2) is 0 Å². The van der Waals surface area contributed by atoms with Gasteiger partial charge < -0.3 is 9.64 Å². The molecule has 1 rings (SSSR count). The molecule has 0 aromatic rings. The fraction of sp³-hybridized carbons (Fsp3) is 1.00. The van der Waals surface area contributed by atoms with Crippen LogP contribution in [0.4, 0.5) is 0 Å². The summed E-state index contributed by atoms with van der Waals surface area (Å²) in [5.74, 6) is 0.742. The largest absolute Gasteiger partial charge is 0.377 e. The van der Waals surface area contributed by atoms with E-state index in [0.29, 0.717) is 12.1 Å². The molecule has 1 aliphatic heterocycles. The van der Waals surface area contributed by atoms with Gasteiger partial charge in [0, 0.05) is 19.2 Å². The monoisotopic (exact) mass is 171 g/mol. The summed E-state index contributed by atoms with van der Waals surface area (Å²) < 4.78 is 5.64. The van der Waals surface area contributed by atoms with Gasteiger partial charge in [0.1, 0.15) is 0 Å². The van der Waals surface area contributed by atoms with Gasteiger partial charge in [-0.25, -0.2) is 0 Å². The highest BCUT2D eigenvalue weighted by molar-refractivity contribution is 4.76. The summed E-state index contributed by atoms with van der Waals surface area (Å²) in [5.41, 5.74) is 0. The van der Waals surface area contributed by atoms with Crippen molar-refractivity contribution in [1.29, 1.82) is 0 Å². The van der Waals surface area contributed by atoms with Crippen LogP contribution in [0.15, 0.2) is 0 Å². The first-order valence-electron chi connectivity index (χ1n) is 4.93. The lowest BCUT2D eigenvalue weighted by atomic mass is 10.0. The number of rotatable bonds is 3. The maximum absolute atomic E-state index is 5.64. The predicted molar refractivity (Wildman–Crippen MR) is 51.3 cm³/mol. The van der Waals surface area contributed by atoms with E-state index < -0.39 is 0 Å². The van der Waals surface area contributed by atoms with Crippen LogP contribution in [0.1, 0.15) is 27.2 Å². The van der Waals surface area contributed by atoms with Gasteiger partial charge in [-0.05, 0) is 33.2 Å². The van der Waals surface area contributed by atoms with Gasteiger partial charge in [0.05, 0.1) is 6.10 Å². The number of hydrogen-bond donors (Lipinski definition) is 0. The molecule has 0 bridgehead atoms. The SMILES string of the molecule is CC(C)N(C)C[C@@H]1OCC[C@@H]1C. The van der Waals surface area contributed by atoms with Gasteiger partial charge in [0.25, 0.3) is 0 Å². The molecule has 0 saturated carbocycles. The van der Waals surface area contributed by atoms with E-state index in [2.05, 4.69) is 32.7 Å². The van der Waals surface area contributed by atoms with Crippen LogP contribution in [0, 0.1) is 5.92 Å². The van der Waals surface area contributed by atoms with Gasteiger partial charge in [-0.1, -0.05) is 6.92 Å². The van der Waals surface area contributed by atoms with Crippen LogP contribution in [0.3, 0.4) is 0 Å². The molecule has 1 heterocycles. The molecule has 12 heavy (non-hydrogen) atoms. The molecular formula is C10H21NO. The first kappa shape index (κ1) is 10.0. The highest BCUT2D eigenvalue weighted by Crippen LogP contribution is 2.20. The summed E-state index contributed by atoms with van der Waals surface area (Å²) in [7, 11) is 2.17. The predicted octanol–water partition coefficient (Wildman–Crippen LogP) is 1.75. The molecule has 2 heteroatoms. The Morgan fingerprint density at radius 3 is 2.58 bits per heavy atom. The van der Waals surface area contributed by atoms with Gasteiger partial charge >= 0.3 is 0 Å². The zero-order chi connectivity index (χ0) is 9.14. The topological polar surface area (TPSA) is 12.5 Å². The number of nitrogens with zero attached hydrogens (tertiary/aromatic N) is 1. The van der Waals surface area contributed by atoms with Crippen molar-refractivity contribution in [3.63, 3.8) is 0 Å². The van der Waals surface area contributed by atoms with E-state index in [1.54, 1.807) is 0 Å². The van der Waals surface area contributed by atoms with E-state index in [4.69, 9.17) is 4.74 Å². The Bertz CT molecular complexity index is 136. The molecule has 1 aliphatic rings. The third-order valence-electron chi connectivity index (χ3n) is 2.89. The fourth-order valence-electron chi connectivity index (χ4n) is 1.48. The Labute approximate surface area is 75.9 Å².